The second-order valence-electron chi connectivity index (χ2n) is 4.72. The van der Waals surface area contributed by atoms with Crippen LogP contribution in [0.4, 0.5) is 5.69 Å². The average Bonchev–Trinajstić information content (AvgIpc) is 2.59. The highest BCUT2D eigenvalue weighted by Gasteiger charge is 2.16. The van der Waals surface area contributed by atoms with Gasteiger partial charge in [-0.2, -0.15) is 0 Å². The van der Waals surface area contributed by atoms with Gasteiger partial charge in [-0.05, 0) is 29.8 Å². The molecule has 0 aliphatic carbocycles. The van der Waals surface area contributed by atoms with Crippen LogP contribution in [-0.2, 0) is 4.79 Å². The molecule has 2 rings (SSSR count). The number of benzene rings is 2. The smallest absolute Gasteiger partial charge is 0.268 e. The number of amides is 2. The van der Waals surface area contributed by atoms with Crippen molar-refractivity contribution in [1.29, 1.82) is 0 Å². The lowest BCUT2D eigenvalue weighted by molar-refractivity contribution is -0.384. The van der Waals surface area contributed by atoms with Crippen LogP contribution in [0, 0.1) is 10.1 Å². The minimum Gasteiger partial charge on any atom is -0.268 e. The van der Waals surface area contributed by atoms with E-state index in [2.05, 4.69) is 10.9 Å². The summed E-state index contributed by atoms with van der Waals surface area (Å²) >= 11 is 11.6. The minimum absolute atomic E-state index is 0.0218. The predicted molar refractivity (Wildman–Crippen MR) is 94.2 cm³/mol. The molecule has 0 bridgehead atoms. The topological polar surface area (TPSA) is 101 Å². The van der Waals surface area contributed by atoms with E-state index in [1.165, 1.54) is 24.3 Å². The number of nitrogens with one attached hydrogen (secondary N) is 2. The molecule has 0 radical (unpaired) electrons. The van der Waals surface area contributed by atoms with Gasteiger partial charge in [0.1, 0.15) is 5.02 Å². The van der Waals surface area contributed by atoms with Gasteiger partial charge in [0, 0.05) is 22.7 Å². The number of nitro groups is 1. The van der Waals surface area contributed by atoms with Crippen molar-refractivity contribution in [3.05, 3.63) is 79.8 Å². The summed E-state index contributed by atoms with van der Waals surface area (Å²) in [4.78, 5) is 33.7. The van der Waals surface area contributed by atoms with Crippen molar-refractivity contribution < 1.29 is 14.5 Å². The Labute approximate surface area is 152 Å². The Hall–Kier alpha value is -2.90. The maximum atomic E-state index is 11.9. The van der Waals surface area contributed by atoms with Crippen molar-refractivity contribution in [2.45, 2.75) is 0 Å². The largest absolute Gasteiger partial charge is 0.288 e. The summed E-state index contributed by atoms with van der Waals surface area (Å²) < 4.78 is 0. The third-order valence-corrected chi connectivity index (χ3v) is 3.69. The Bertz CT molecular complexity index is 868. The highest BCUT2D eigenvalue weighted by atomic mass is 35.5. The van der Waals surface area contributed by atoms with Crippen LogP contribution in [0.25, 0.3) is 6.08 Å². The first-order chi connectivity index (χ1) is 11.9. The summed E-state index contributed by atoms with van der Waals surface area (Å²) in [6.07, 6.45) is 2.67. The quantitative estimate of drug-likeness (QED) is 0.482. The van der Waals surface area contributed by atoms with E-state index in [-0.39, 0.29) is 10.6 Å². The van der Waals surface area contributed by atoms with Crippen molar-refractivity contribution in [1.82, 2.24) is 10.9 Å². The van der Waals surface area contributed by atoms with Gasteiger partial charge in [0.15, 0.2) is 0 Å². The lowest BCUT2D eigenvalue weighted by Gasteiger charge is -2.06. The van der Waals surface area contributed by atoms with Crippen LogP contribution in [0.15, 0.2) is 48.5 Å². The summed E-state index contributed by atoms with van der Waals surface area (Å²) in [6.45, 7) is 0. The summed E-state index contributed by atoms with van der Waals surface area (Å²) in [5, 5.41) is 11.2. The average molecular weight is 380 g/mol. The van der Waals surface area contributed by atoms with Gasteiger partial charge in [0.25, 0.3) is 17.5 Å². The van der Waals surface area contributed by atoms with Gasteiger partial charge in [0.05, 0.1) is 4.92 Å². The first kappa shape index (κ1) is 18.4. The molecule has 25 heavy (non-hydrogen) atoms. The zero-order valence-corrected chi connectivity index (χ0v) is 14.0. The lowest BCUT2D eigenvalue weighted by atomic mass is 10.2. The Balaban J connectivity index is 1.98. The van der Waals surface area contributed by atoms with Crippen LogP contribution >= 0.6 is 23.2 Å². The van der Waals surface area contributed by atoms with Gasteiger partial charge in [-0.15, -0.1) is 0 Å². The summed E-state index contributed by atoms with van der Waals surface area (Å²) in [7, 11) is 0. The number of rotatable bonds is 4. The van der Waals surface area contributed by atoms with E-state index >= 15 is 0 Å². The Morgan fingerprint density at radius 3 is 2.44 bits per heavy atom. The van der Waals surface area contributed by atoms with E-state index in [1.807, 2.05) is 0 Å². The highest BCUT2D eigenvalue weighted by Crippen LogP contribution is 2.24. The SMILES string of the molecule is O=C(C=Cc1ccccc1Cl)NNC(=O)c1ccc(Cl)c([N+](=O)[O-])c1. The fourth-order valence-corrected chi connectivity index (χ4v) is 2.19. The van der Waals surface area contributed by atoms with Crippen molar-refractivity contribution in [3.63, 3.8) is 0 Å². The molecule has 2 aromatic rings. The summed E-state index contributed by atoms with van der Waals surface area (Å²) in [5.41, 5.74) is 4.52. The molecule has 128 valence electrons. The molecule has 0 unspecified atom stereocenters. The second-order valence-corrected chi connectivity index (χ2v) is 5.54. The molecule has 0 atom stereocenters. The fraction of sp³-hybridized carbons (Fsp3) is 0. The molecule has 0 heterocycles. The van der Waals surface area contributed by atoms with Gasteiger partial charge in [-0.1, -0.05) is 41.4 Å². The fourth-order valence-electron chi connectivity index (χ4n) is 1.80. The number of hydrazine groups is 1. The summed E-state index contributed by atoms with van der Waals surface area (Å²) in [6, 6.07) is 10.5. The molecule has 0 aliphatic rings. The molecule has 0 aromatic heterocycles. The first-order valence-electron chi connectivity index (χ1n) is 6.85. The first-order valence-corrected chi connectivity index (χ1v) is 7.61. The Morgan fingerprint density at radius 1 is 1.04 bits per heavy atom. The van der Waals surface area contributed by atoms with E-state index in [9.17, 15) is 19.7 Å². The van der Waals surface area contributed by atoms with E-state index < -0.39 is 22.4 Å². The van der Waals surface area contributed by atoms with Gasteiger partial charge in [-0.25, -0.2) is 0 Å². The van der Waals surface area contributed by atoms with Gasteiger partial charge in [0.2, 0.25) is 0 Å². The van der Waals surface area contributed by atoms with E-state index in [1.54, 1.807) is 24.3 Å². The van der Waals surface area contributed by atoms with Crippen molar-refractivity contribution in [3.8, 4) is 0 Å². The summed E-state index contributed by atoms with van der Waals surface area (Å²) in [5.74, 6) is -1.32. The van der Waals surface area contributed by atoms with E-state index in [0.29, 0.717) is 10.6 Å². The zero-order valence-electron chi connectivity index (χ0n) is 12.5. The number of carbonyl (C=O) groups is 2. The van der Waals surface area contributed by atoms with Crippen molar-refractivity contribution >= 4 is 46.8 Å². The molecule has 0 saturated heterocycles. The number of nitro benzene ring substituents is 1. The number of hydrogen-bond acceptors (Lipinski definition) is 4. The molecule has 2 aromatic carbocycles. The standard InChI is InChI=1S/C16H11Cl2N3O4/c17-12-4-2-1-3-10(12)6-8-15(22)19-20-16(23)11-5-7-13(18)14(9-11)21(24)25/h1-9H,(H,19,22)(H,20,23). The van der Waals surface area contributed by atoms with Crippen LogP contribution in [0.5, 0.6) is 0 Å². The van der Waals surface area contributed by atoms with Gasteiger partial charge in [-0.3, -0.25) is 30.6 Å². The minimum atomic E-state index is -0.723. The van der Waals surface area contributed by atoms with Crippen LogP contribution in [0.3, 0.4) is 0 Å². The molecular weight excluding hydrogens is 369 g/mol. The zero-order chi connectivity index (χ0) is 18.4. The van der Waals surface area contributed by atoms with Crippen LogP contribution < -0.4 is 10.9 Å². The van der Waals surface area contributed by atoms with E-state index in [4.69, 9.17) is 23.2 Å². The second kappa shape index (κ2) is 8.27. The maximum Gasteiger partial charge on any atom is 0.288 e. The molecule has 7 nitrogen and oxygen atoms in total. The molecule has 2 amide bonds. The maximum absolute atomic E-state index is 11.9. The molecule has 2 N–H and O–H groups in total. The molecule has 0 saturated carbocycles. The van der Waals surface area contributed by atoms with Gasteiger partial charge < -0.3 is 0 Å². The molecule has 9 heteroatoms. The van der Waals surface area contributed by atoms with Crippen molar-refractivity contribution in [2.75, 3.05) is 0 Å². The Morgan fingerprint density at radius 2 is 1.76 bits per heavy atom. The van der Waals surface area contributed by atoms with Crippen LogP contribution in [0.1, 0.15) is 15.9 Å². The predicted octanol–water partition coefficient (Wildman–Crippen LogP) is 3.38. The monoisotopic (exact) mass is 379 g/mol. The van der Waals surface area contributed by atoms with Crippen molar-refractivity contribution in [2.24, 2.45) is 0 Å². The van der Waals surface area contributed by atoms with Crippen LogP contribution in [-0.4, -0.2) is 16.7 Å². The molecule has 0 fully saturated rings. The third-order valence-electron chi connectivity index (χ3n) is 3.02. The van der Waals surface area contributed by atoms with E-state index in [0.717, 1.165) is 6.07 Å². The number of halogens is 2. The molecule has 0 spiro atoms. The van der Waals surface area contributed by atoms with Crippen LogP contribution in [0.2, 0.25) is 10.0 Å². The third kappa shape index (κ3) is 5.03. The normalized spacial score (nSPS) is 10.5. The molecule has 0 aliphatic heterocycles. The number of nitrogens with zero attached hydrogens (tertiary/aromatic N) is 1. The molecular formula is C16H11Cl2N3O4. The number of carbonyl (C=O) groups excluding carboxylic acids is 2. The highest BCUT2D eigenvalue weighted by molar-refractivity contribution is 6.33. The lowest BCUT2D eigenvalue weighted by Crippen LogP contribution is -2.40. The number of hydrogen-bond donors (Lipinski definition) is 2. The van der Waals surface area contributed by atoms with Gasteiger partial charge >= 0.3 is 0 Å². The Kier molecular flexibility index (Phi) is 6.10.